The van der Waals surface area contributed by atoms with Crippen LogP contribution >= 0.6 is 0 Å². The zero-order chi connectivity index (χ0) is 14.5. The Morgan fingerprint density at radius 1 is 1.37 bits per heavy atom. The molecule has 0 aliphatic rings. The zero-order valence-electron chi connectivity index (χ0n) is 9.89. The van der Waals surface area contributed by atoms with Crippen LogP contribution in [0.1, 0.15) is 5.56 Å². The first-order valence-electron chi connectivity index (χ1n) is 5.34. The molecule has 0 saturated carbocycles. The highest BCUT2D eigenvalue weighted by Crippen LogP contribution is 2.19. The molecule has 0 aliphatic heterocycles. The van der Waals surface area contributed by atoms with Crippen molar-refractivity contribution in [1.82, 2.24) is 4.72 Å². The molecule has 0 amide bonds. The Kier molecular flexibility index (Phi) is 5.36. The molecule has 1 aromatic rings. The van der Waals surface area contributed by atoms with E-state index in [2.05, 4.69) is 4.72 Å². The average molecular weight is 290 g/mol. The van der Waals surface area contributed by atoms with E-state index >= 15 is 0 Å². The van der Waals surface area contributed by atoms with Crippen molar-refractivity contribution in [2.24, 2.45) is 0 Å². The molecule has 1 rings (SSSR count). The van der Waals surface area contributed by atoms with Crippen LogP contribution in [0.5, 0.6) is 0 Å². The molecule has 0 aromatic heterocycles. The summed E-state index contributed by atoms with van der Waals surface area (Å²) < 4.78 is 25.4. The van der Waals surface area contributed by atoms with Crippen LogP contribution in [-0.2, 0) is 15.8 Å². The Labute approximate surface area is 109 Å². The smallest absolute Gasteiger partial charge is 0.273 e. The highest BCUT2D eigenvalue weighted by molar-refractivity contribution is 7.88. The van der Waals surface area contributed by atoms with Crippen molar-refractivity contribution in [2.75, 3.05) is 13.2 Å². The van der Waals surface area contributed by atoms with Crippen LogP contribution in [0.25, 0.3) is 0 Å². The monoisotopic (exact) mass is 290 g/mol. The maximum absolute atomic E-state index is 11.7. The van der Waals surface area contributed by atoms with Crippen LogP contribution < -0.4 is 4.72 Å². The third kappa shape index (κ3) is 4.91. The molecule has 0 aliphatic carbocycles. The number of hydrogen-bond donors (Lipinski definition) is 3. The number of hydrogen-bond acceptors (Lipinski definition) is 6. The van der Waals surface area contributed by atoms with Crippen molar-refractivity contribution in [3.8, 4) is 0 Å². The van der Waals surface area contributed by atoms with Crippen molar-refractivity contribution in [1.29, 1.82) is 0 Å². The number of nitrogens with zero attached hydrogens (tertiary/aromatic N) is 1. The summed E-state index contributed by atoms with van der Waals surface area (Å²) in [7, 11) is -3.82. The van der Waals surface area contributed by atoms with Gasteiger partial charge in [-0.25, -0.2) is 13.1 Å². The molecule has 0 heterocycles. The van der Waals surface area contributed by atoms with E-state index in [1.165, 1.54) is 24.3 Å². The van der Waals surface area contributed by atoms with E-state index < -0.39 is 33.4 Å². The van der Waals surface area contributed by atoms with Crippen LogP contribution in [0.3, 0.4) is 0 Å². The molecule has 0 radical (unpaired) electrons. The first kappa shape index (κ1) is 15.5. The fraction of sp³-hybridized carbons (Fsp3) is 0.400. The van der Waals surface area contributed by atoms with Gasteiger partial charge in [-0.05, 0) is 0 Å². The van der Waals surface area contributed by atoms with E-state index in [4.69, 9.17) is 10.2 Å². The van der Waals surface area contributed by atoms with E-state index in [0.717, 1.165) is 0 Å². The molecule has 3 N–H and O–H groups in total. The van der Waals surface area contributed by atoms with E-state index in [-0.39, 0.29) is 17.8 Å². The Morgan fingerprint density at radius 3 is 2.58 bits per heavy atom. The summed E-state index contributed by atoms with van der Waals surface area (Å²) in [6.07, 6.45) is -1.21. The molecule has 0 bridgehead atoms. The predicted molar refractivity (Wildman–Crippen MR) is 66.8 cm³/mol. The summed E-state index contributed by atoms with van der Waals surface area (Å²) in [6, 6.07) is 5.50. The van der Waals surface area contributed by atoms with Gasteiger partial charge in [-0.1, -0.05) is 18.2 Å². The second-order valence-corrected chi connectivity index (χ2v) is 5.64. The van der Waals surface area contributed by atoms with Crippen molar-refractivity contribution in [2.45, 2.75) is 11.9 Å². The molecule has 0 fully saturated rings. The first-order chi connectivity index (χ1) is 8.85. The summed E-state index contributed by atoms with van der Waals surface area (Å²) in [6.45, 7) is -0.923. The van der Waals surface area contributed by atoms with Crippen molar-refractivity contribution in [3.63, 3.8) is 0 Å². The maximum Gasteiger partial charge on any atom is 0.273 e. The summed E-state index contributed by atoms with van der Waals surface area (Å²) in [5, 5.41) is 28.3. The van der Waals surface area contributed by atoms with Crippen molar-refractivity contribution in [3.05, 3.63) is 39.9 Å². The van der Waals surface area contributed by atoms with Gasteiger partial charge in [0.25, 0.3) is 5.69 Å². The molecule has 1 unspecified atom stereocenters. The Morgan fingerprint density at radius 2 is 2.00 bits per heavy atom. The summed E-state index contributed by atoms with van der Waals surface area (Å²) in [5.74, 6) is -0.567. The molecule has 0 saturated heterocycles. The third-order valence-electron chi connectivity index (χ3n) is 2.28. The van der Waals surface area contributed by atoms with E-state index in [0.29, 0.717) is 0 Å². The number of nitrogens with one attached hydrogen (secondary N) is 1. The number of sulfonamides is 1. The largest absolute Gasteiger partial charge is 0.394 e. The SMILES string of the molecule is O=[N+]([O-])c1ccccc1CS(=O)(=O)NCC(O)CO. The van der Waals surface area contributed by atoms with E-state index in [1.807, 2.05) is 0 Å². The minimum Gasteiger partial charge on any atom is -0.394 e. The molecule has 1 aromatic carbocycles. The fourth-order valence-electron chi connectivity index (χ4n) is 1.35. The van der Waals surface area contributed by atoms with Gasteiger partial charge in [-0.15, -0.1) is 0 Å². The number of nitro benzene ring substituents is 1. The molecule has 0 spiro atoms. The van der Waals surface area contributed by atoms with Gasteiger partial charge in [0.15, 0.2) is 0 Å². The minimum absolute atomic E-state index is 0.0542. The molecule has 106 valence electrons. The van der Waals surface area contributed by atoms with Gasteiger partial charge in [0.1, 0.15) is 0 Å². The molecule has 19 heavy (non-hydrogen) atoms. The number of aliphatic hydroxyl groups is 2. The van der Waals surface area contributed by atoms with Crippen molar-refractivity contribution < 1.29 is 23.6 Å². The molecular formula is C10H14N2O6S. The number of para-hydroxylation sites is 1. The number of aliphatic hydroxyl groups excluding tert-OH is 2. The van der Waals surface area contributed by atoms with Gasteiger partial charge in [-0.3, -0.25) is 10.1 Å². The van der Waals surface area contributed by atoms with Gasteiger partial charge in [-0.2, -0.15) is 0 Å². The Balaban J connectivity index is 2.81. The topological polar surface area (TPSA) is 130 Å². The van der Waals surface area contributed by atoms with Gasteiger partial charge in [0.05, 0.1) is 23.4 Å². The maximum atomic E-state index is 11.7. The predicted octanol–water partition coefficient (Wildman–Crippen LogP) is -0.633. The molecule has 8 nitrogen and oxygen atoms in total. The normalized spacial score (nSPS) is 13.2. The Hall–Kier alpha value is -1.55. The second-order valence-electron chi connectivity index (χ2n) is 3.83. The van der Waals surface area contributed by atoms with E-state index in [9.17, 15) is 18.5 Å². The lowest BCUT2D eigenvalue weighted by atomic mass is 10.2. The van der Waals surface area contributed by atoms with Crippen LogP contribution in [0, 0.1) is 10.1 Å². The van der Waals surface area contributed by atoms with Crippen molar-refractivity contribution >= 4 is 15.7 Å². The van der Waals surface area contributed by atoms with Crippen LogP contribution in [-0.4, -0.2) is 42.8 Å². The molecule has 9 heteroatoms. The number of nitro groups is 1. The van der Waals surface area contributed by atoms with Gasteiger partial charge < -0.3 is 10.2 Å². The summed E-state index contributed by atoms with van der Waals surface area (Å²) >= 11 is 0. The number of benzene rings is 1. The fourth-order valence-corrected chi connectivity index (χ4v) is 2.56. The molecular weight excluding hydrogens is 276 g/mol. The van der Waals surface area contributed by atoms with E-state index in [1.54, 1.807) is 0 Å². The lowest BCUT2D eigenvalue weighted by molar-refractivity contribution is -0.385. The lowest BCUT2D eigenvalue weighted by Crippen LogP contribution is -2.34. The second kappa shape index (κ2) is 6.57. The minimum atomic E-state index is -3.82. The highest BCUT2D eigenvalue weighted by Gasteiger charge is 2.20. The first-order valence-corrected chi connectivity index (χ1v) is 6.99. The summed E-state index contributed by atoms with van der Waals surface area (Å²) in [4.78, 5) is 10.1. The highest BCUT2D eigenvalue weighted by atomic mass is 32.2. The van der Waals surface area contributed by atoms with Crippen LogP contribution in [0.4, 0.5) is 5.69 Å². The van der Waals surface area contributed by atoms with Gasteiger partial charge >= 0.3 is 0 Å². The van der Waals surface area contributed by atoms with Gasteiger partial charge in [0, 0.05) is 18.2 Å². The van der Waals surface area contributed by atoms with Gasteiger partial charge in [0.2, 0.25) is 10.0 Å². The standard InChI is InChI=1S/C10H14N2O6S/c13-6-9(14)5-11-19(17,18)7-8-3-1-2-4-10(8)12(15)16/h1-4,9,11,13-14H,5-7H2. The Bertz CT molecular complexity index is 545. The third-order valence-corrected chi connectivity index (χ3v) is 3.58. The van der Waals surface area contributed by atoms with Crippen LogP contribution in [0.2, 0.25) is 0 Å². The zero-order valence-corrected chi connectivity index (χ0v) is 10.7. The molecule has 1 atom stereocenters. The number of rotatable bonds is 7. The average Bonchev–Trinajstić information content (AvgIpc) is 2.36. The quantitative estimate of drug-likeness (QED) is 0.452. The summed E-state index contributed by atoms with van der Waals surface area (Å²) in [5.41, 5.74) is -0.228. The lowest BCUT2D eigenvalue weighted by Gasteiger charge is -2.10. The van der Waals surface area contributed by atoms with Crippen LogP contribution in [0.15, 0.2) is 24.3 Å².